The van der Waals surface area contributed by atoms with Crippen molar-refractivity contribution in [2.75, 3.05) is 18.6 Å². The summed E-state index contributed by atoms with van der Waals surface area (Å²) in [6.07, 6.45) is -2.41. The summed E-state index contributed by atoms with van der Waals surface area (Å²) in [4.78, 5) is 14.3. The van der Waals surface area contributed by atoms with E-state index in [4.69, 9.17) is 0 Å². The van der Waals surface area contributed by atoms with Gasteiger partial charge in [-0.3, -0.25) is 4.79 Å². The average molecular weight is 415 g/mol. The Bertz CT molecular complexity index is 985. The maximum Gasteiger partial charge on any atom is 0.416 e. The number of halogens is 3. The zero-order valence-electron chi connectivity index (χ0n) is 15.4. The zero-order chi connectivity index (χ0) is 20.7. The molecule has 2 aromatic rings. The molecule has 0 bridgehead atoms. The van der Waals surface area contributed by atoms with Gasteiger partial charge in [-0.15, -0.1) is 0 Å². The van der Waals surface area contributed by atoms with Crippen LogP contribution >= 0.6 is 0 Å². The molecule has 0 aliphatic carbocycles. The first-order valence-electron chi connectivity index (χ1n) is 8.69. The number of amides is 1. The van der Waals surface area contributed by atoms with Crippen molar-refractivity contribution in [2.24, 2.45) is 0 Å². The molecule has 10 heteroatoms. The number of carbonyl (C=O) groups excluding carboxylic acids is 1. The highest BCUT2D eigenvalue weighted by atomic mass is 32.2. The van der Waals surface area contributed by atoms with Crippen LogP contribution in [0.1, 0.15) is 34.5 Å². The summed E-state index contributed by atoms with van der Waals surface area (Å²) in [5.74, 6) is -0.254. The van der Waals surface area contributed by atoms with Crippen LogP contribution in [-0.4, -0.2) is 53.6 Å². The lowest BCUT2D eigenvalue weighted by Gasteiger charge is -2.31. The van der Waals surface area contributed by atoms with Crippen molar-refractivity contribution in [3.8, 4) is 5.69 Å². The molecule has 1 saturated heterocycles. The SMILES string of the molecule is Cc1c(C(=O)N(C)C2CCS(=O)(=O)CC2)cnn1-c1cccc(C(F)(F)F)c1. The van der Waals surface area contributed by atoms with E-state index < -0.39 is 21.6 Å². The van der Waals surface area contributed by atoms with Crippen molar-refractivity contribution in [3.05, 3.63) is 47.3 Å². The van der Waals surface area contributed by atoms with E-state index in [9.17, 15) is 26.4 Å². The van der Waals surface area contributed by atoms with Gasteiger partial charge >= 0.3 is 6.18 Å². The summed E-state index contributed by atoms with van der Waals surface area (Å²) >= 11 is 0. The summed E-state index contributed by atoms with van der Waals surface area (Å²) in [7, 11) is -1.44. The van der Waals surface area contributed by atoms with Gasteiger partial charge in [-0.05, 0) is 38.0 Å². The maximum atomic E-state index is 13.0. The fraction of sp³-hybridized carbons (Fsp3) is 0.444. The van der Waals surface area contributed by atoms with Crippen molar-refractivity contribution in [3.63, 3.8) is 0 Å². The number of hydrogen-bond acceptors (Lipinski definition) is 4. The van der Waals surface area contributed by atoms with Gasteiger partial charge in [0.2, 0.25) is 0 Å². The highest BCUT2D eigenvalue weighted by molar-refractivity contribution is 7.91. The molecule has 1 aliphatic heterocycles. The lowest BCUT2D eigenvalue weighted by molar-refractivity contribution is -0.137. The van der Waals surface area contributed by atoms with Gasteiger partial charge < -0.3 is 4.90 Å². The van der Waals surface area contributed by atoms with Gasteiger partial charge in [-0.1, -0.05) is 6.07 Å². The first kappa shape index (κ1) is 20.4. The van der Waals surface area contributed by atoms with Crippen molar-refractivity contribution < 1.29 is 26.4 Å². The molecule has 2 heterocycles. The topological polar surface area (TPSA) is 72.3 Å². The number of nitrogens with zero attached hydrogens (tertiary/aromatic N) is 3. The molecule has 0 saturated carbocycles. The number of alkyl halides is 3. The quantitative estimate of drug-likeness (QED) is 0.773. The van der Waals surface area contributed by atoms with Crippen molar-refractivity contribution >= 4 is 15.7 Å². The lowest BCUT2D eigenvalue weighted by Crippen LogP contribution is -2.42. The third-order valence-electron chi connectivity index (χ3n) is 5.05. The van der Waals surface area contributed by atoms with Gasteiger partial charge in [-0.25, -0.2) is 13.1 Å². The Kier molecular flexibility index (Phi) is 5.26. The van der Waals surface area contributed by atoms with Gasteiger partial charge in [0.25, 0.3) is 5.91 Å². The van der Waals surface area contributed by atoms with Crippen LogP contribution in [0.2, 0.25) is 0 Å². The average Bonchev–Trinajstić information content (AvgIpc) is 3.01. The lowest BCUT2D eigenvalue weighted by atomic mass is 10.1. The van der Waals surface area contributed by atoms with E-state index in [1.807, 2.05) is 0 Å². The van der Waals surface area contributed by atoms with Gasteiger partial charge in [0.15, 0.2) is 0 Å². The van der Waals surface area contributed by atoms with Gasteiger partial charge in [0, 0.05) is 13.1 Å². The third-order valence-corrected chi connectivity index (χ3v) is 6.77. The molecule has 1 amide bonds. The Labute approximate surface area is 160 Å². The highest BCUT2D eigenvalue weighted by Crippen LogP contribution is 2.30. The van der Waals surface area contributed by atoms with Crippen molar-refractivity contribution in [2.45, 2.75) is 32.0 Å². The second kappa shape index (κ2) is 7.23. The van der Waals surface area contributed by atoms with Gasteiger partial charge in [0.05, 0.1) is 40.2 Å². The molecular formula is C18H20F3N3O3S. The van der Waals surface area contributed by atoms with E-state index in [0.717, 1.165) is 12.1 Å². The smallest absolute Gasteiger partial charge is 0.339 e. The van der Waals surface area contributed by atoms with E-state index in [1.165, 1.54) is 27.9 Å². The summed E-state index contributed by atoms with van der Waals surface area (Å²) in [5.41, 5.74) is 0.0963. The molecule has 1 aromatic heterocycles. The molecule has 1 aromatic carbocycles. The minimum Gasteiger partial charge on any atom is -0.339 e. The Morgan fingerprint density at radius 1 is 1.25 bits per heavy atom. The van der Waals surface area contributed by atoms with Gasteiger partial charge in [0.1, 0.15) is 9.84 Å². The normalized spacial score (nSPS) is 17.5. The van der Waals surface area contributed by atoms with E-state index in [-0.39, 0.29) is 34.7 Å². The van der Waals surface area contributed by atoms with Crippen LogP contribution in [0.25, 0.3) is 5.69 Å². The molecule has 0 N–H and O–H groups in total. The molecular weight excluding hydrogens is 395 g/mol. The number of carbonyl (C=O) groups is 1. The largest absolute Gasteiger partial charge is 0.416 e. The van der Waals surface area contributed by atoms with Crippen LogP contribution < -0.4 is 0 Å². The minimum absolute atomic E-state index is 0.0394. The second-order valence-corrected chi connectivity index (χ2v) is 9.21. The standard InChI is InChI=1S/C18H20F3N3O3S/c1-12-16(17(25)23(2)14-6-8-28(26,27)9-7-14)11-22-24(12)15-5-3-4-13(10-15)18(19,20)21/h3-5,10-11,14H,6-9H2,1-2H3. The van der Waals surface area contributed by atoms with E-state index in [2.05, 4.69) is 5.10 Å². The molecule has 0 unspecified atom stereocenters. The highest BCUT2D eigenvalue weighted by Gasteiger charge is 2.32. The number of benzene rings is 1. The molecule has 0 spiro atoms. The van der Waals surface area contributed by atoms with Crippen LogP contribution in [-0.2, 0) is 16.0 Å². The van der Waals surface area contributed by atoms with Crippen molar-refractivity contribution in [1.29, 1.82) is 0 Å². The van der Waals surface area contributed by atoms with E-state index in [0.29, 0.717) is 18.5 Å². The fourth-order valence-electron chi connectivity index (χ4n) is 3.31. The van der Waals surface area contributed by atoms with E-state index in [1.54, 1.807) is 14.0 Å². The monoisotopic (exact) mass is 415 g/mol. The fourth-order valence-corrected chi connectivity index (χ4v) is 4.78. The number of hydrogen-bond donors (Lipinski definition) is 0. The predicted octanol–water partition coefficient (Wildman–Crippen LogP) is 2.85. The Morgan fingerprint density at radius 2 is 1.89 bits per heavy atom. The summed E-state index contributed by atoms with van der Waals surface area (Å²) in [6.45, 7) is 1.61. The molecule has 3 rings (SSSR count). The predicted molar refractivity (Wildman–Crippen MR) is 97.1 cm³/mol. The molecule has 0 radical (unpaired) electrons. The number of aromatic nitrogens is 2. The molecule has 28 heavy (non-hydrogen) atoms. The van der Waals surface area contributed by atoms with Crippen LogP contribution in [0.4, 0.5) is 13.2 Å². The Hall–Kier alpha value is -2.36. The van der Waals surface area contributed by atoms with E-state index >= 15 is 0 Å². The minimum atomic E-state index is -4.47. The zero-order valence-corrected chi connectivity index (χ0v) is 16.2. The summed E-state index contributed by atoms with van der Waals surface area (Å²) in [6, 6.07) is 4.52. The molecule has 1 fully saturated rings. The van der Waals surface area contributed by atoms with Crippen molar-refractivity contribution in [1.82, 2.24) is 14.7 Å². The number of sulfone groups is 1. The molecule has 6 nitrogen and oxygen atoms in total. The Morgan fingerprint density at radius 3 is 2.50 bits per heavy atom. The van der Waals surface area contributed by atoms with Gasteiger partial charge in [-0.2, -0.15) is 18.3 Å². The summed E-state index contributed by atoms with van der Waals surface area (Å²) < 4.78 is 63.3. The Balaban J connectivity index is 1.84. The van der Waals surface area contributed by atoms with Crippen LogP contribution in [0.5, 0.6) is 0 Å². The molecule has 0 atom stereocenters. The molecule has 152 valence electrons. The third kappa shape index (κ3) is 4.06. The first-order valence-corrected chi connectivity index (χ1v) is 10.5. The maximum absolute atomic E-state index is 13.0. The van der Waals surface area contributed by atoms with Crippen LogP contribution in [0.3, 0.4) is 0 Å². The first-order chi connectivity index (χ1) is 13.0. The summed E-state index contributed by atoms with van der Waals surface area (Å²) in [5, 5.41) is 4.09. The number of rotatable bonds is 3. The second-order valence-electron chi connectivity index (χ2n) is 6.90. The van der Waals surface area contributed by atoms with Crippen LogP contribution in [0, 0.1) is 6.92 Å². The van der Waals surface area contributed by atoms with Crippen LogP contribution in [0.15, 0.2) is 30.5 Å². The molecule has 1 aliphatic rings.